The number of benzene rings is 1. The number of hydrogen-bond acceptors (Lipinski definition) is 1. The van der Waals surface area contributed by atoms with E-state index < -0.39 is 0 Å². The van der Waals surface area contributed by atoms with Gasteiger partial charge in [0, 0.05) is 16.8 Å². The molecule has 1 heterocycles. The van der Waals surface area contributed by atoms with Gasteiger partial charge in [-0.3, -0.25) is 4.68 Å². The van der Waals surface area contributed by atoms with Gasteiger partial charge in [-0.25, -0.2) is 0 Å². The van der Waals surface area contributed by atoms with E-state index in [0.29, 0.717) is 5.03 Å². The van der Waals surface area contributed by atoms with Crippen LogP contribution in [0.15, 0.2) is 43.2 Å². The summed E-state index contributed by atoms with van der Waals surface area (Å²) < 4.78 is 1.86. The highest BCUT2D eigenvalue weighted by Crippen LogP contribution is 2.15. The van der Waals surface area contributed by atoms with Crippen molar-refractivity contribution in [3.05, 3.63) is 59.9 Å². The molecule has 0 unspecified atom stereocenters. The maximum absolute atomic E-state index is 5.81. The molecule has 1 aromatic heterocycles. The Morgan fingerprint density at radius 2 is 1.94 bits per heavy atom. The zero-order valence-electron chi connectivity index (χ0n) is 9.86. The summed E-state index contributed by atoms with van der Waals surface area (Å²) in [5, 5.41) is 4.77. The molecule has 88 valence electrons. The first-order valence-corrected chi connectivity index (χ1v) is 6.02. The molecular formula is C14H15ClN2. The topological polar surface area (TPSA) is 17.8 Å². The molecule has 0 aliphatic carbocycles. The fourth-order valence-corrected chi connectivity index (χ4v) is 1.76. The Bertz CT molecular complexity index is 511. The van der Waals surface area contributed by atoms with Crippen molar-refractivity contribution >= 4 is 16.6 Å². The molecule has 1 aromatic carbocycles. The summed E-state index contributed by atoms with van der Waals surface area (Å²) >= 11 is 5.81. The van der Waals surface area contributed by atoms with Gasteiger partial charge in [-0.15, -0.1) is 0 Å². The fraction of sp³-hybridized carbons (Fsp3) is 0.214. The average Bonchev–Trinajstić information content (AvgIpc) is 2.79. The largest absolute Gasteiger partial charge is 0.268 e. The molecule has 17 heavy (non-hydrogen) atoms. The molecule has 0 fully saturated rings. The van der Waals surface area contributed by atoms with Crippen molar-refractivity contribution in [1.82, 2.24) is 9.78 Å². The van der Waals surface area contributed by atoms with E-state index in [1.54, 1.807) is 6.20 Å². The van der Waals surface area contributed by atoms with Crippen molar-refractivity contribution in [2.45, 2.75) is 19.9 Å². The highest BCUT2D eigenvalue weighted by atomic mass is 35.5. The van der Waals surface area contributed by atoms with E-state index in [0.717, 1.165) is 18.5 Å². The van der Waals surface area contributed by atoms with Crippen LogP contribution in [0.1, 0.15) is 23.6 Å². The van der Waals surface area contributed by atoms with Gasteiger partial charge in [0.25, 0.3) is 0 Å². The van der Waals surface area contributed by atoms with Crippen LogP contribution in [0.3, 0.4) is 0 Å². The molecule has 0 aliphatic heterocycles. The molecule has 0 spiro atoms. The lowest BCUT2D eigenvalue weighted by molar-refractivity contribution is 0.686. The monoisotopic (exact) mass is 246 g/mol. The summed E-state index contributed by atoms with van der Waals surface area (Å²) in [6, 6.07) is 8.58. The van der Waals surface area contributed by atoms with E-state index in [-0.39, 0.29) is 0 Å². The smallest absolute Gasteiger partial charge is 0.0659 e. The van der Waals surface area contributed by atoms with Gasteiger partial charge in [-0.05, 0) is 17.5 Å². The van der Waals surface area contributed by atoms with Crippen molar-refractivity contribution in [3.63, 3.8) is 0 Å². The van der Waals surface area contributed by atoms with E-state index in [1.807, 2.05) is 10.9 Å². The normalized spacial score (nSPS) is 10.5. The van der Waals surface area contributed by atoms with Crippen LogP contribution >= 0.6 is 11.6 Å². The average molecular weight is 247 g/mol. The Kier molecular flexibility index (Phi) is 3.64. The molecule has 2 nitrogen and oxygen atoms in total. The van der Waals surface area contributed by atoms with Crippen molar-refractivity contribution in [3.8, 4) is 0 Å². The van der Waals surface area contributed by atoms with Gasteiger partial charge < -0.3 is 0 Å². The summed E-state index contributed by atoms with van der Waals surface area (Å²) in [4.78, 5) is 0. The predicted octanol–water partition coefficient (Wildman–Crippen LogP) is 3.70. The highest BCUT2D eigenvalue weighted by molar-refractivity contribution is 6.48. The second kappa shape index (κ2) is 5.19. The van der Waals surface area contributed by atoms with E-state index >= 15 is 0 Å². The Labute approximate surface area is 107 Å². The van der Waals surface area contributed by atoms with Crippen LogP contribution in [0.5, 0.6) is 0 Å². The fourth-order valence-electron chi connectivity index (χ4n) is 1.66. The van der Waals surface area contributed by atoms with Crippen LogP contribution in [0.2, 0.25) is 0 Å². The Morgan fingerprint density at radius 1 is 1.29 bits per heavy atom. The van der Waals surface area contributed by atoms with E-state index in [1.165, 1.54) is 11.1 Å². The molecule has 0 saturated carbocycles. The minimum atomic E-state index is 0.526. The van der Waals surface area contributed by atoms with Gasteiger partial charge in [0.05, 0.1) is 12.7 Å². The maximum atomic E-state index is 5.81. The van der Waals surface area contributed by atoms with Gasteiger partial charge in [-0.2, -0.15) is 5.10 Å². The Morgan fingerprint density at radius 3 is 2.47 bits per heavy atom. The molecule has 0 N–H and O–H groups in total. The first kappa shape index (κ1) is 11.9. The molecule has 2 rings (SSSR count). The summed E-state index contributed by atoms with van der Waals surface area (Å²) in [6.07, 6.45) is 4.71. The summed E-state index contributed by atoms with van der Waals surface area (Å²) in [5.41, 5.74) is 3.46. The van der Waals surface area contributed by atoms with Gasteiger partial charge in [0.1, 0.15) is 0 Å². The Balaban J connectivity index is 2.11. The first-order chi connectivity index (χ1) is 8.19. The lowest BCUT2D eigenvalue weighted by atomic mass is 10.1. The summed E-state index contributed by atoms with van der Waals surface area (Å²) in [5.74, 6) is 0. The molecular weight excluding hydrogens is 232 g/mol. The molecule has 0 radical (unpaired) electrons. The Hall–Kier alpha value is -1.54. The van der Waals surface area contributed by atoms with Crippen molar-refractivity contribution < 1.29 is 0 Å². The van der Waals surface area contributed by atoms with Crippen LogP contribution in [0, 0.1) is 0 Å². The zero-order valence-corrected chi connectivity index (χ0v) is 10.6. The molecule has 3 heteroatoms. The number of hydrogen-bond donors (Lipinski definition) is 0. The molecule has 2 aromatic rings. The van der Waals surface area contributed by atoms with Gasteiger partial charge in [0.15, 0.2) is 0 Å². The van der Waals surface area contributed by atoms with Crippen LogP contribution < -0.4 is 0 Å². The quantitative estimate of drug-likeness (QED) is 0.804. The number of rotatable bonds is 4. The lowest BCUT2D eigenvalue weighted by Crippen LogP contribution is -1.99. The van der Waals surface area contributed by atoms with Crippen LogP contribution in [0.25, 0.3) is 5.03 Å². The third-order valence-corrected chi connectivity index (χ3v) is 2.94. The second-order valence-electron chi connectivity index (χ2n) is 4.00. The first-order valence-electron chi connectivity index (χ1n) is 5.64. The highest BCUT2D eigenvalue weighted by Gasteiger charge is 2.01. The molecule has 0 saturated heterocycles. The molecule has 0 aliphatic rings. The van der Waals surface area contributed by atoms with Crippen molar-refractivity contribution in [1.29, 1.82) is 0 Å². The van der Waals surface area contributed by atoms with Gasteiger partial charge in [0.2, 0.25) is 0 Å². The third kappa shape index (κ3) is 2.98. The number of halogens is 1. The van der Waals surface area contributed by atoms with E-state index in [4.69, 9.17) is 11.6 Å². The number of aryl methyl sites for hydroxylation is 1. The zero-order chi connectivity index (χ0) is 12.3. The predicted molar refractivity (Wildman–Crippen MR) is 72.0 cm³/mol. The maximum Gasteiger partial charge on any atom is 0.0659 e. The standard InChI is InChI=1S/C14H15ClN2/c1-3-12-4-6-13(7-5-12)9-17-10-14(8-16-17)11(2)15/h4-8,10H,2-3,9H2,1H3. The lowest BCUT2D eigenvalue weighted by Gasteiger charge is -2.03. The molecule has 0 bridgehead atoms. The van der Waals surface area contributed by atoms with Crippen molar-refractivity contribution in [2.75, 3.05) is 0 Å². The molecule has 0 atom stereocenters. The summed E-state index contributed by atoms with van der Waals surface area (Å²) in [7, 11) is 0. The van der Waals surface area contributed by atoms with Crippen LogP contribution in [-0.2, 0) is 13.0 Å². The third-order valence-electron chi connectivity index (χ3n) is 2.72. The van der Waals surface area contributed by atoms with E-state index in [9.17, 15) is 0 Å². The van der Waals surface area contributed by atoms with Crippen LogP contribution in [0.4, 0.5) is 0 Å². The van der Waals surface area contributed by atoms with Gasteiger partial charge in [-0.1, -0.05) is 49.4 Å². The van der Waals surface area contributed by atoms with E-state index in [2.05, 4.69) is 42.9 Å². The minimum Gasteiger partial charge on any atom is -0.268 e. The van der Waals surface area contributed by atoms with Crippen LogP contribution in [-0.4, -0.2) is 9.78 Å². The second-order valence-corrected chi connectivity index (χ2v) is 4.46. The minimum absolute atomic E-state index is 0.526. The van der Waals surface area contributed by atoms with Crippen molar-refractivity contribution in [2.24, 2.45) is 0 Å². The number of aromatic nitrogens is 2. The molecule has 0 amide bonds. The van der Waals surface area contributed by atoms with Gasteiger partial charge >= 0.3 is 0 Å². The summed E-state index contributed by atoms with van der Waals surface area (Å²) in [6.45, 7) is 6.59. The number of nitrogens with zero attached hydrogens (tertiary/aromatic N) is 2. The SMILES string of the molecule is C=C(Cl)c1cnn(Cc2ccc(CC)cc2)c1.